The Morgan fingerprint density at radius 3 is 2.30 bits per heavy atom. The molecule has 1 atom stereocenters. The third-order valence-corrected chi connectivity index (χ3v) is 6.81. The number of rotatable bonds is 7. The zero-order chi connectivity index (χ0) is 26.5. The molecule has 4 aromatic rings. The second-order valence-corrected chi connectivity index (χ2v) is 9.63. The van der Waals surface area contributed by atoms with Crippen molar-refractivity contribution in [2.24, 2.45) is 5.92 Å². The van der Waals surface area contributed by atoms with E-state index in [0.29, 0.717) is 28.6 Å². The standard InChI is InChI=1S/C27H26F3N5O2/c1-14-5-4-6-15(2)20(14)25-34-23-21(35(25)13-17-7-11-19(12-8-17)27(28,29)30)22(31-16(3)18-9-10-18)32-24(33-23)26(36)37/h4-8,11-12,16,18H,9-10,13H2,1-3H3,(H,36,37)(H,31,32,33)/t16-/m1/s1. The van der Waals surface area contributed by atoms with E-state index < -0.39 is 17.7 Å². The largest absolute Gasteiger partial charge is 0.475 e. The summed E-state index contributed by atoms with van der Waals surface area (Å²) in [4.78, 5) is 25.1. The van der Waals surface area contributed by atoms with Crippen molar-refractivity contribution < 1.29 is 23.1 Å². The molecule has 1 saturated carbocycles. The monoisotopic (exact) mass is 509 g/mol. The van der Waals surface area contributed by atoms with Crippen molar-refractivity contribution in [3.8, 4) is 11.4 Å². The fourth-order valence-electron chi connectivity index (χ4n) is 4.66. The Bertz CT molecular complexity index is 1470. The highest BCUT2D eigenvalue weighted by molar-refractivity contribution is 5.92. The number of aromatic carboxylic acids is 1. The Balaban J connectivity index is 1.73. The van der Waals surface area contributed by atoms with Crippen LogP contribution in [0.15, 0.2) is 42.5 Å². The van der Waals surface area contributed by atoms with Crippen molar-refractivity contribution in [3.05, 3.63) is 70.5 Å². The van der Waals surface area contributed by atoms with Crippen molar-refractivity contribution in [1.29, 1.82) is 0 Å². The summed E-state index contributed by atoms with van der Waals surface area (Å²) in [6.07, 6.45) is -2.28. The van der Waals surface area contributed by atoms with Crippen LogP contribution in [0.1, 0.15) is 52.6 Å². The van der Waals surface area contributed by atoms with Gasteiger partial charge in [-0.05, 0) is 68.4 Å². The summed E-state index contributed by atoms with van der Waals surface area (Å²) in [6.45, 7) is 6.12. The maximum absolute atomic E-state index is 13.1. The molecule has 0 bridgehead atoms. The zero-order valence-electron chi connectivity index (χ0n) is 20.6. The van der Waals surface area contributed by atoms with Gasteiger partial charge in [-0.15, -0.1) is 0 Å². The van der Waals surface area contributed by atoms with Gasteiger partial charge in [-0.2, -0.15) is 13.2 Å². The summed E-state index contributed by atoms with van der Waals surface area (Å²) in [7, 11) is 0. The third-order valence-electron chi connectivity index (χ3n) is 6.81. The number of alkyl halides is 3. The summed E-state index contributed by atoms with van der Waals surface area (Å²) in [6, 6.07) is 10.9. The van der Waals surface area contributed by atoms with E-state index >= 15 is 0 Å². The topological polar surface area (TPSA) is 92.9 Å². The van der Waals surface area contributed by atoms with Gasteiger partial charge in [0, 0.05) is 18.2 Å². The van der Waals surface area contributed by atoms with E-state index in [1.807, 2.05) is 43.5 Å². The van der Waals surface area contributed by atoms with Gasteiger partial charge in [-0.25, -0.2) is 19.7 Å². The normalized spacial score (nSPS) is 14.6. The van der Waals surface area contributed by atoms with Crippen LogP contribution in [0.4, 0.5) is 19.0 Å². The quantitative estimate of drug-likeness (QED) is 0.313. The summed E-state index contributed by atoms with van der Waals surface area (Å²) >= 11 is 0. The van der Waals surface area contributed by atoms with Crippen LogP contribution >= 0.6 is 0 Å². The lowest BCUT2D eigenvalue weighted by molar-refractivity contribution is -0.137. The molecule has 1 aliphatic rings. The van der Waals surface area contributed by atoms with E-state index in [4.69, 9.17) is 4.98 Å². The molecule has 0 saturated heterocycles. The average molecular weight is 510 g/mol. The number of carboxylic acids is 1. The van der Waals surface area contributed by atoms with Gasteiger partial charge in [0.2, 0.25) is 5.82 Å². The number of anilines is 1. The second-order valence-electron chi connectivity index (χ2n) is 9.63. The number of benzene rings is 2. The maximum Gasteiger partial charge on any atom is 0.416 e. The van der Waals surface area contributed by atoms with Crippen LogP contribution in [-0.4, -0.2) is 36.6 Å². The lowest BCUT2D eigenvalue weighted by Gasteiger charge is -2.17. The number of hydrogen-bond acceptors (Lipinski definition) is 5. The van der Waals surface area contributed by atoms with Gasteiger partial charge in [0.05, 0.1) is 5.56 Å². The third kappa shape index (κ3) is 4.87. The molecule has 5 rings (SSSR count). The van der Waals surface area contributed by atoms with Crippen LogP contribution in [-0.2, 0) is 12.7 Å². The second kappa shape index (κ2) is 9.17. The molecule has 2 aromatic heterocycles. The van der Waals surface area contributed by atoms with Crippen molar-refractivity contribution >= 4 is 23.0 Å². The summed E-state index contributed by atoms with van der Waals surface area (Å²) in [5.41, 5.74) is 3.38. The Labute approximate surface area is 211 Å². The molecule has 2 aromatic carbocycles. The molecule has 0 aliphatic heterocycles. The molecule has 2 N–H and O–H groups in total. The highest BCUT2D eigenvalue weighted by atomic mass is 19.4. The number of nitrogens with one attached hydrogen (secondary N) is 1. The summed E-state index contributed by atoms with van der Waals surface area (Å²) in [5, 5.41) is 13.0. The molecule has 37 heavy (non-hydrogen) atoms. The van der Waals surface area contributed by atoms with Gasteiger partial charge in [0.1, 0.15) is 11.3 Å². The summed E-state index contributed by atoms with van der Waals surface area (Å²) < 4.78 is 41.3. The molecule has 10 heteroatoms. The number of hydrogen-bond donors (Lipinski definition) is 2. The number of halogens is 3. The van der Waals surface area contributed by atoms with Crippen LogP contribution in [0.5, 0.6) is 0 Å². The zero-order valence-corrected chi connectivity index (χ0v) is 20.6. The fourth-order valence-corrected chi connectivity index (χ4v) is 4.66. The molecular weight excluding hydrogens is 483 g/mol. The lowest BCUT2D eigenvalue weighted by Crippen LogP contribution is -2.20. The molecule has 0 spiro atoms. The first-order valence-corrected chi connectivity index (χ1v) is 12.0. The molecule has 1 aliphatic carbocycles. The minimum absolute atomic E-state index is 0.0535. The molecule has 1 fully saturated rings. The van der Waals surface area contributed by atoms with Crippen molar-refractivity contribution in [1.82, 2.24) is 19.5 Å². The fraction of sp³-hybridized carbons (Fsp3) is 0.333. The first-order chi connectivity index (χ1) is 17.5. The van der Waals surface area contributed by atoms with Crippen LogP contribution < -0.4 is 5.32 Å². The highest BCUT2D eigenvalue weighted by Crippen LogP contribution is 2.37. The van der Waals surface area contributed by atoms with Crippen LogP contribution in [0, 0.1) is 19.8 Å². The van der Waals surface area contributed by atoms with E-state index in [9.17, 15) is 23.1 Å². The van der Waals surface area contributed by atoms with E-state index in [0.717, 1.165) is 41.7 Å². The molecule has 2 heterocycles. The Morgan fingerprint density at radius 1 is 1.08 bits per heavy atom. The van der Waals surface area contributed by atoms with Gasteiger partial charge in [0.25, 0.3) is 0 Å². The van der Waals surface area contributed by atoms with Crippen LogP contribution in [0.2, 0.25) is 0 Å². The van der Waals surface area contributed by atoms with Crippen molar-refractivity contribution in [3.63, 3.8) is 0 Å². The van der Waals surface area contributed by atoms with Crippen molar-refractivity contribution in [2.75, 3.05) is 5.32 Å². The Hall–Kier alpha value is -3.95. The number of aryl methyl sites for hydroxylation is 2. The van der Waals surface area contributed by atoms with Gasteiger partial charge < -0.3 is 15.0 Å². The molecule has 192 valence electrons. The van der Waals surface area contributed by atoms with E-state index in [1.165, 1.54) is 12.1 Å². The first-order valence-electron chi connectivity index (χ1n) is 12.0. The number of aromatic nitrogens is 4. The lowest BCUT2D eigenvalue weighted by atomic mass is 10.0. The van der Waals surface area contributed by atoms with E-state index in [2.05, 4.69) is 15.3 Å². The number of carboxylic acid groups (broad SMARTS) is 1. The van der Waals surface area contributed by atoms with Crippen LogP contribution in [0.3, 0.4) is 0 Å². The van der Waals surface area contributed by atoms with Gasteiger partial charge in [-0.3, -0.25) is 0 Å². The van der Waals surface area contributed by atoms with Crippen LogP contribution in [0.25, 0.3) is 22.6 Å². The van der Waals surface area contributed by atoms with Gasteiger partial charge in [0.15, 0.2) is 11.5 Å². The molecular formula is C27H26F3N5O2. The van der Waals surface area contributed by atoms with Crippen molar-refractivity contribution in [2.45, 2.75) is 52.4 Å². The minimum Gasteiger partial charge on any atom is -0.475 e. The first kappa shape index (κ1) is 24.7. The number of fused-ring (bicyclic) bond motifs is 1. The average Bonchev–Trinajstić information content (AvgIpc) is 3.62. The van der Waals surface area contributed by atoms with Gasteiger partial charge >= 0.3 is 12.1 Å². The highest BCUT2D eigenvalue weighted by Gasteiger charge is 2.31. The number of imidazole rings is 1. The summed E-state index contributed by atoms with van der Waals surface area (Å²) in [5.74, 6) is -0.286. The SMILES string of the molecule is Cc1cccc(C)c1-c1nc2nc(C(=O)O)nc(N[C@H](C)C3CC3)c2n1Cc1ccc(C(F)(F)F)cc1. The molecule has 7 nitrogen and oxygen atoms in total. The molecule has 0 radical (unpaired) electrons. The van der Waals surface area contributed by atoms with Gasteiger partial charge in [-0.1, -0.05) is 30.3 Å². The number of carbonyl (C=O) groups is 1. The molecule has 0 unspecified atom stereocenters. The van der Waals surface area contributed by atoms with E-state index in [1.54, 1.807) is 0 Å². The Kier molecular flexibility index (Phi) is 6.13. The Morgan fingerprint density at radius 2 is 1.73 bits per heavy atom. The van der Waals surface area contributed by atoms with E-state index in [-0.39, 0.29) is 24.1 Å². The predicted octanol–water partition coefficient (Wildman–Crippen LogP) is 6.09. The molecule has 0 amide bonds. The maximum atomic E-state index is 13.1. The predicted molar refractivity (Wildman–Crippen MR) is 134 cm³/mol. The smallest absolute Gasteiger partial charge is 0.416 e. The minimum atomic E-state index is -4.43. The number of nitrogens with zero attached hydrogens (tertiary/aromatic N) is 4.